The number of primary amides is 1. The van der Waals surface area contributed by atoms with Crippen molar-refractivity contribution in [2.24, 2.45) is 17.6 Å². The number of esters is 2. The fourth-order valence-electron chi connectivity index (χ4n) is 2.99. The first kappa shape index (κ1) is 20.9. The van der Waals surface area contributed by atoms with Crippen LogP contribution in [0.5, 0.6) is 0 Å². The zero-order chi connectivity index (χ0) is 20.8. The Morgan fingerprint density at radius 1 is 0.929 bits per heavy atom. The number of carbonyl (C=O) groups is 4. The van der Waals surface area contributed by atoms with Gasteiger partial charge in [-0.15, -0.1) is 0 Å². The van der Waals surface area contributed by atoms with Crippen molar-refractivity contribution in [3.05, 3.63) is 48.0 Å². The second-order valence-corrected chi connectivity index (χ2v) is 6.30. The summed E-state index contributed by atoms with van der Waals surface area (Å²) < 4.78 is 9.24. The molecule has 0 unspecified atom stereocenters. The molecule has 0 aliphatic carbocycles. The topological polar surface area (TPSA) is 125 Å². The average Bonchev–Trinajstić information content (AvgIpc) is 2.70. The minimum atomic E-state index is -1.41. The largest absolute Gasteiger partial charge is 0.468 e. The standard InChI is InChI=1S/C20H22N2O6/c1-11(15(19(25)27-2)20(26)28-3)16(17(21)23)22-18(24)14-9-8-12-6-4-5-7-13(12)10-14/h4-11,15-16H,1-3H3,(H2,21,23)(H,22,24)/t11-,16+/m0/s1. The summed E-state index contributed by atoms with van der Waals surface area (Å²) >= 11 is 0. The molecule has 2 rings (SSSR count). The molecule has 28 heavy (non-hydrogen) atoms. The third-order valence-electron chi connectivity index (χ3n) is 4.57. The summed E-state index contributed by atoms with van der Waals surface area (Å²) in [6.45, 7) is 1.44. The van der Waals surface area contributed by atoms with Crippen molar-refractivity contribution < 1.29 is 28.7 Å². The van der Waals surface area contributed by atoms with Crippen LogP contribution in [0, 0.1) is 11.8 Å². The number of carbonyl (C=O) groups excluding carboxylic acids is 4. The summed E-state index contributed by atoms with van der Waals surface area (Å²) in [6.07, 6.45) is 0. The van der Waals surface area contributed by atoms with Crippen molar-refractivity contribution in [2.45, 2.75) is 13.0 Å². The predicted octanol–water partition coefficient (Wildman–Crippen LogP) is 1.02. The lowest BCUT2D eigenvalue weighted by atomic mass is 9.86. The first-order valence-electron chi connectivity index (χ1n) is 8.54. The molecule has 0 radical (unpaired) electrons. The number of benzene rings is 2. The van der Waals surface area contributed by atoms with Gasteiger partial charge in [-0.25, -0.2) is 0 Å². The van der Waals surface area contributed by atoms with Crippen molar-refractivity contribution in [1.29, 1.82) is 0 Å². The Morgan fingerprint density at radius 3 is 2.04 bits per heavy atom. The van der Waals surface area contributed by atoms with E-state index in [1.165, 1.54) is 6.92 Å². The normalized spacial score (nSPS) is 12.9. The maximum Gasteiger partial charge on any atom is 0.320 e. The Bertz CT molecular complexity index is 894. The molecule has 0 aliphatic rings. The van der Waals surface area contributed by atoms with E-state index < -0.39 is 41.6 Å². The van der Waals surface area contributed by atoms with Crippen LogP contribution in [-0.4, -0.2) is 44.0 Å². The zero-order valence-electron chi connectivity index (χ0n) is 15.8. The number of amides is 2. The molecule has 0 saturated carbocycles. The van der Waals surface area contributed by atoms with Gasteiger partial charge in [0, 0.05) is 11.5 Å². The first-order valence-corrected chi connectivity index (χ1v) is 8.54. The minimum Gasteiger partial charge on any atom is -0.468 e. The first-order chi connectivity index (χ1) is 13.3. The highest BCUT2D eigenvalue weighted by atomic mass is 16.5. The summed E-state index contributed by atoms with van der Waals surface area (Å²) in [5.74, 6) is -5.61. The lowest BCUT2D eigenvalue weighted by Crippen LogP contribution is -2.52. The minimum absolute atomic E-state index is 0.310. The second-order valence-electron chi connectivity index (χ2n) is 6.30. The van der Waals surface area contributed by atoms with Crippen molar-refractivity contribution in [2.75, 3.05) is 14.2 Å². The molecule has 0 aromatic heterocycles. The van der Waals surface area contributed by atoms with E-state index in [0.717, 1.165) is 25.0 Å². The Morgan fingerprint density at radius 2 is 1.50 bits per heavy atom. The average molecular weight is 386 g/mol. The van der Waals surface area contributed by atoms with Gasteiger partial charge in [0.25, 0.3) is 5.91 Å². The van der Waals surface area contributed by atoms with E-state index in [4.69, 9.17) is 5.73 Å². The Balaban J connectivity index is 2.29. The Kier molecular flexibility index (Phi) is 6.70. The highest BCUT2D eigenvalue weighted by molar-refractivity contribution is 6.01. The van der Waals surface area contributed by atoms with Crippen molar-refractivity contribution in [1.82, 2.24) is 5.32 Å². The van der Waals surface area contributed by atoms with Crippen LogP contribution >= 0.6 is 0 Å². The van der Waals surface area contributed by atoms with Crippen molar-refractivity contribution in [3.63, 3.8) is 0 Å². The molecule has 8 nitrogen and oxygen atoms in total. The van der Waals surface area contributed by atoms with Crippen LogP contribution in [0.1, 0.15) is 17.3 Å². The van der Waals surface area contributed by atoms with Gasteiger partial charge in [-0.3, -0.25) is 19.2 Å². The third-order valence-corrected chi connectivity index (χ3v) is 4.57. The van der Waals surface area contributed by atoms with Crippen LogP contribution in [0.3, 0.4) is 0 Å². The van der Waals surface area contributed by atoms with Gasteiger partial charge in [0.15, 0.2) is 5.92 Å². The van der Waals surface area contributed by atoms with E-state index in [-0.39, 0.29) is 0 Å². The van der Waals surface area contributed by atoms with Gasteiger partial charge < -0.3 is 20.5 Å². The van der Waals surface area contributed by atoms with E-state index in [1.54, 1.807) is 18.2 Å². The SMILES string of the molecule is COC(=O)C(C(=O)OC)[C@H](C)[C@@H](NC(=O)c1ccc2ccccc2c1)C(N)=O. The molecule has 3 N–H and O–H groups in total. The van der Waals surface area contributed by atoms with Crippen LogP contribution in [0.2, 0.25) is 0 Å². The summed E-state index contributed by atoms with van der Waals surface area (Å²) in [5.41, 5.74) is 5.73. The van der Waals surface area contributed by atoms with Gasteiger partial charge >= 0.3 is 11.9 Å². The second kappa shape index (κ2) is 8.98. The highest BCUT2D eigenvalue weighted by Gasteiger charge is 2.41. The number of fused-ring (bicyclic) bond motifs is 1. The quantitative estimate of drug-likeness (QED) is 0.541. The van der Waals surface area contributed by atoms with E-state index in [0.29, 0.717) is 5.56 Å². The lowest BCUT2D eigenvalue weighted by Gasteiger charge is -2.26. The summed E-state index contributed by atoms with van der Waals surface area (Å²) in [7, 11) is 2.22. The molecular formula is C20H22N2O6. The maximum atomic E-state index is 12.7. The molecule has 0 bridgehead atoms. The molecule has 148 valence electrons. The van der Waals surface area contributed by atoms with E-state index in [1.807, 2.05) is 24.3 Å². The van der Waals surface area contributed by atoms with Gasteiger partial charge in [-0.2, -0.15) is 0 Å². The Labute approximate surface area is 162 Å². The van der Waals surface area contributed by atoms with Gasteiger partial charge in [0.1, 0.15) is 6.04 Å². The molecule has 0 saturated heterocycles. The van der Waals surface area contributed by atoms with E-state index in [2.05, 4.69) is 14.8 Å². The maximum absolute atomic E-state index is 12.7. The van der Waals surface area contributed by atoms with Crippen LogP contribution in [-0.2, 0) is 23.9 Å². The number of hydrogen-bond donors (Lipinski definition) is 2. The summed E-state index contributed by atoms with van der Waals surface area (Å²) in [4.78, 5) is 48.6. The number of nitrogens with two attached hydrogens (primary N) is 1. The third kappa shape index (κ3) is 4.46. The fourth-order valence-corrected chi connectivity index (χ4v) is 2.99. The smallest absolute Gasteiger partial charge is 0.320 e. The van der Waals surface area contributed by atoms with Crippen molar-refractivity contribution in [3.8, 4) is 0 Å². The van der Waals surface area contributed by atoms with Gasteiger partial charge in [0.05, 0.1) is 14.2 Å². The summed E-state index contributed by atoms with van der Waals surface area (Å²) in [6, 6.07) is 11.3. The molecule has 2 atom stereocenters. The zero-order valence-corrected chi connectivity index (χ0v) is 15.8. The number of nitrogens with one attached hydrogen (secondary N) is 1. The Hall–Kier alpha value is -3.42. The molecule has 0 spiro atoms. The molecule has 8 heteroatoms. The van der Waals surface area contributed by atoms with E-state index >= 15 is 0 Å². The van der Waals surface area contributed by atoms with Crippen molar-refractivity contribution >= 4 is 34.5 Å². The number of rotatable bonds is 7. The predicted molar refractivity (Wildman–Crippen MR) is 101 cm³/mol. The van der Waals surface area contributed by atoms with Crippen LogP contribution < -0.4 is 11.1 Å². The van der Waals surface area contributed by atoms with Crippen LogP contribution in [0.25, 0.3) is 10.8 Å². The molecular weight excluding hydrogens is 364 g/mol. The van der Waals surface area contributed by atoms with Gasteiger partial charge in [-0.1, -0.05) is 37.3 Å². The van der Waals surface area contributed by atoms with Crippen LogP contribution in [0.4, 0.5) is 0 Å². The lowest BCUT2D eigenvalue weighted by molar-refractivity contribution is -0.161. The van der Waals surface area contributed by atoms with Gasteiger partial charge in [-0.05, 0) is 22.9 Å². The highest BCUT2D eigenvalue weighted by Crippen LogP contribution is 2.21. The number of ether oxygens (including phenoxy) is 2. The number of hydrogen-bond acceptors (Lipinski definition) is 6. The molecule has 0 fully saturated rings. The monoisotopic (exact) mass is 386 g/mol. The number of methoxy groups -OCH3 is 2. The van der Waals surface area contributed by atoms with Crippen LogP contribution in [0.15, 0.2) is 42.5 Å². The van der Waals surface area contributed by atoms with Gasteiger partial charge in [0.2, 0.25) is 5.91 Å². The molecule has 0 aliphatic heterocycles. The molecule has 2 aromatic carbocycles. The molecule has 0 heterocycles. The molecule has 2 aromatic rings. The fraction of sp³-hybridized carbons (Fsp3) is 0.300. The molecule has 2 amide bonds. The summed E-state index contributed by atoms with van der Waals surface area (Å²) in [5, 5.41) is 4.31. The van der Waals surface area contributed by atoms with E-state index in [9.17, 15) is 19.2 Å².